The van der Waals surface area contributed by atoms with E-state index in [4.69, 9.17) is 10.4 Å². The molecule has 1 aromatic rings. The van der Waals surface area contributed by atoms with E-state index in [0.717, 1.165) is 0 Å². The second kappa shape index (κ2) is 4.33. The first kappa shape index (κ1) is 12.2. The number of carboxylic acids is 1. The average molecular weight is 219 g/mol. The van der Waals surface area contributed by atoms with Crippen molar-refractivity contribution in [3.05, 3.63) is 35.4 Å². The summed E-state index contributed by atoms with van der Waals surface area (Å²) in [5, 5.41) is 27.4. The molecule has 0 aliphatic carbocycles. The van der Waals surface area contributed by atoms with Gasteiger partial charge in [-0.1, -0.05) is 32.0 Å². The van der Waals surface area contributed by atoms with E-state index in [-0.39, 0.29) is 0 Å². The van der Waals surface area contributed by atoms with Crippen molar-refractivity contribution in [2.75, 3.05) is 0 Å². The summed E-state index contributed by atoms with van der Waals surface area (Å²) in [6.07, 6.45) is -1.54. The molecule has 0 aliphatic rings. The van der Waals surface area contributed by atoms with Crippen molar-refractivity contribution >= 4 is 5.97 Å². The first-order valence-corrected chi connectivity index (χ1v) is 4.81. The molecule has 1 aromatic carbocycles. The molecule has 4 nitrogen and oxygen atoms in total. The molecule has 1 rings (SSSR count). The van der Waals surface area contributed by atoms with E-state index < -0.39 is 17.5 Å². The summed E-state index contributed by atoms with van der Waals surface area (Å²) in [5.74, 6) is -1.29. The van der Waals surface area contributed by atoms with Crippen LogP contribution in [-0.4, -0.2) is 22.3 Å². The fourth-order valence-electron chi connectivity index (χ4n) is 1.60. The second-order valence-corrected chi connectivity index (χ2v) is 4.12. The van der Waals surface area contributed by atoms with E-state index in [1.807, 2.05) is 6.07 Å². The summed E-state index contributed by atoms with van der Waals surface area (Å²) in [4.78, 5) is 10.8. The third kappa shape index (κ3) is 2.05. The Kier molecular flexibility index (Phi) is 3.31. The van der Waals surface area contributed by atoms with E-state index in [1.165, 1.54) is 0 Å². The topological polar surface area (TPSA) is 81.3 Å². The molecule has 0 heterocycles. The van der Waals surface area contributed by atoms with Crippen LogP contribution < -0.4 is 0 Å². The zero-order valence-corrected chi connectivity index (χ0v) is 9.14. The van der Waals surface area contributed by atoms with E-state index in [2.05, 4.69) is 0 Å². The van der Waals surface area contributed by atoms with Crippen molar-refractivity contribution in [3.8, 4) is 6.07 Å². The monoisotopic (exact) mass is 219 g/mol. The lowest BCUT2D eigenvalue weighted by Gasteiger charge is -2.28. The van der Waals surface area contributed by atoms with Crippen molar-refractivity contribution in [1.29, 1.82) is 5.26 Å². The minimum absolute atomic E-state index is 0.382. The molecule has 84 valence electrons. The number of carboxylic acid groups (broad SMARTS) is 1. The number of hydrogen-bond acceptors (Lipinski definition) is 3. The van der Waals surface area contributed by atoms with Gasteiger partial charge >= 0.3 is 5.97 Å². The molecule has 0 saturated heterocycles. The maximum atomic E-state index is 10.8. The molecular weight excluding hydrogens is 206 g/mol. The van der Waals surface area contributed by atoms with Crippen molar-refractivity contribution in [3.63, 3.8) is 0 Å². The number of benzene rings is 1. The summed E-state index contributed by atoms with van der Waals surface area (Å²) >= 11 is 0. The summed E-state index contributed by atoms with van der Waals surface area (Å²) in [6, 6.07) is 8.67. The van der Waals surface area contributed by atoms with Gasteiger partial charge in [0.2, 0.25) is 0 Å². The predicted octanol–water partition coefficient (Wildman–Crippen LogP) is 1.28. The molecule has 1 unspecified atom stereocenters. The van der Waals surface area contributed by atoms with Gasteiger partial charge in [0.1, 0.15) is 0 Å². The van der Waals surface area contributed by atoms with E-state index in [0.29, 0.717) is 11.1 Å². The molecule has 4 heteroatoms. The molecule has 0 aromatic heterocycles. The van der Waals surface area contributed by atoms with Crippen LogP contribution in [0, 0.1) is 11.3 Å². The molecule has 16 heavy (non-hydrogen) atoms. The highest BCUT2D eigenvalue weighted by molar-refractivity contribution is 5.74. The van der Waals surface area contributed by atoms with Gasteiger partial charge in [0, 0.05) is 5.41 Å². The third-order valence-corrected chi connectivity index (χ3v) is 2.66. The lowest BCUT2D eigenvalue weighted by atomic mass is 9.77. The second-order valence-electron chi connectivity index (χ2n) is 4.12. The molecule has 2 N–H and O–H groups in total. The Bertz CT molecular complexity index is 446. The zero-order valence-electron chi connectivity index (χ0n) is 9.14. The zero-order chi connectivity index (χ0) is 12.3. The summed E-state index contributed by atoms with van der Waals surface area (Å²) in [5.41, 5.74) is -0.0850. The van der Waals surface area contributed by atoms with Crippen LogP contribution in [0.4, 0.5) is 0 Å². The van der Waals surface area contributed by atoms with E-state index in [9.17, 15) is 9.90 Å². The standard InChI is InChI=1S/C12H13NO3/c1-12(2,10(14)11(15)16)9-6-4-3-5-8(9)7-13/h3-6,10,14H,1-2H3,(H,15,16). The van der Waals surface area contributed by atoms with E-state index >= 15 is 0 Å². The largest absolute Gasteiger partial charge is 0.479 e. The van der Waals surface area contributed by atoms with E-state index in [1.54, 1.807) is 38.1 Å². The Morgan fingerprint density at radius 1 is 1.44 bits per heavy atom. The van der Waals surface area contributed by atoms with Crippen LogP contribution in [0.25, 0.3) is 0 Å². The number of hydrogen-bond donors (Lipinski definition) is 2. The molecule has 0 saturated carbocycles. The number of aliphatic carboxylic acids is 1. The molecule has 0 fully saturated rings. The predicted molar refractivity (Wildman–Crippen MR) is 57.8 cm³/mol. The van der Waals surface area contributed by atoms with Crippen molar-refractivity contribution in [2.45, 2.75) is 25.4 Å². The Morgan fingerprint density at radius 2 is 2.00 bits per heavy atom. The first-order chi connectivity index (χ1) is 7.41. The first-order valence-electron chi connectivity index (χ1n) is 4.81. The fraction of sp³-hybridized carbons (Fsp3) is 0.333. The lowest BCUT2D eigenvalue weighted by Crippen LogP contribution is -2.40. The van der Waals surface area contributed by atoms with Crippen LogP contribution in [0.15, 0.2) is 24.3 Å². The SMILES string of the molecule is CC(C)(c1ccccc1C#N)C(O)C(=O)O. The Balaban J connectivity index is 3.27. The molecule has 0 aliphatic heterocycles. The van der Waals surface area contributed by atoms with Gasteiger partial charge in [-0.25, -0.2) is 4.79 Å². The minimum atomic E-state index is -1.54. The molecule has 0 amide bonds. The number of carbonyl (C=O) groups is 1. The van der Waals surface area contributed by atoms with Gasteiger partial charge in [0.05, 0.1) is 11.6 Å². The quantitative estimate of drug-likeness (QED) is 0.802. The fourth-order valence-corrected chi connectivity index (χ4v) is 1.60. The van der Waals surface area contributed by atoms with Crippen LogP contribution >= 0.6 is 0 Å². The molecule has 0 spiro atoms. The maximum absolute atomic E-state index is 10.8. The highest BCUT2D eigenvalue weighted by Crippen LogP contribution is 2.29. The molecular formula is C12H13NO3. The number of aliphatic hydroxyl groups excluding tert-OH is 1. The molecule has 0 bridgehead atoms. The van der Waals surface area contributed by atoms with Gasteiger partial charge in [-0.2, -0.15) is 5.26 Å². The Labute approximate surface area is 93.8 Å². The third-order valence-electron chi connectivity index (χ3n) is 2.66. The number of nitriles is 1. The lowest BCUT2D eigenvalue weighted by molar-refractivity contribution is -0.150. The van der Waals surface area contributed by atoms with Crippen LogP contribution in [0.2, 0.25) is 0 Å². The number of aliphatic hydroxyl groups is 1. The summed E-state index contributed by atoms with van der Waals surface area (Å²) < 4.78 is 0. The van der Waals surface area contributed by atoms with Gasteiger partial charge in [-0.3, -0.25) is 0 Å². The van der Waals surface area contributed by atoms with Crippen LogP contribution in [-0.2, 0) is 10.2 Å². The van der Waals surface area contributed by atoms with Gasteiger partial charge < -0.3 is 10.2 Å². The van der Waals surface area contributed by atoms with Gasteiger partial charge in [-0.15, -0.1) is 0 Å². The summed E-state index contributed by atoms with van der Waals surface area (Å²) in [7, 11) is 0. The highest BCUT2D eigenvalue weighted by Gasteiger charge is 2.36. The normalized spacial score (nSPS) is 12.9. The van der Waals surface area contributed by atoms with Crippen molar-refractivity contribution < 1.29 is 15.0 Å². The van der Waals surface area contributed by atoms with Crippen LogP contribution in [0.5, 0.6) is 0 Å². The highest BCUT2D eigenvalue weighted by atomic mass is 16.4. The van der Waals surface area contributed by atoms with Crippen molar-refractivity contribution in [2.24, 2.45) is 0 Å². The van der Waals surface area contributed by atoms with Crippen LogP contribution in [0.1, 0.15) is 25.0 Å². The number of rotatable bonds is 3. The Morgan fingerprint density at radius 3 is 2.50 bits per heavy atom. The molecule has 0 radical (unpaired) electrons. The van der Waals surface area contributed by atoms with Crippen molar-refractivity contribution in [1.82, 2.24) is 0 Å². The number of nitrogens with zero attached hydrogens (tertiary/aromatic N) is 1. The van der Waals surface area contributed by atoms with Gasteiger partial charge in [0.25, 0.3) is 0 Å². The summed E-state index contributed by atoms with van der Waals surface area (Å²) in [6.45, 7) is 3.20. The van der Waals surface area contributed by atoms with Gasteiger partial charge in [0.15, 0.2) is 6.10 Å². The Hall–Kier alpha value is -1.86. The minimum Gasteiger partial charge on any atom is -0.479 e. The average Bonchev–Trinajstić information content (AvgIpc) is 2.27. The maximum Gasteiger partial charge on any atom is 0.333 e. The molecule has 1 atom stereocenters. The smallest absolute Gasteiger partial charge is 0.333 e. The van der Waals surface area contributed by atoms with Crippen LogP contribution in [0.3, 0.4) is 0 Å². The van der Waals surface area contributed by atoms with Gasteiger partial charge in [-0.05, 0) is 11.6 Å².